The summed E-state index contributed by atoms with van der Waals surface area (Å²) in [6.07, 6.45) is 0.312. The van der Waals surface area contributed by atoms with Gasteiger partial charge in [0.15, 0.2) is 0 Å². The largest absolute Gasteiger partial charge is 0.497 e. The van der Waals surface area contributed by atoms with Gasteiger partial charge in [-0.2, -0.15) is 0 Å². The maximum absolute atomic E-state index is 5.77. The molecule has 1 fully saturated rings. The topological polar surface area (TPSA) is 21.8 Å². The lowest BCUT2D eigenvalue weighted by atomic mass is 10.1. The van der Waals surface area contributed by atoms with Gasteiger partial charge in [0, 0.05) is 0 Å². The van der Waals surface area contributed by atoms with Crippen LogP contribution in [0.5, 0.6) is 5.75 Å². The zero-order valence-corrected chi connectivity index (χ0v) is 10.8. The van der Waals surface area contributed by atoms with Crippen LogP contribution in [0.4, 0.5) is 0 Å². The first-order chi connectivity index (χ1) is 7.02. The van der Waals surface area contributed by atoms with Crippen LogP contribution < -0.4 is 4.74 Å². The van der Waals surface area contributed by atoms with Crippen molar-refractivity contribution in [3.8, 4) is 5.75 Å². The van der Waals surface area contributed by atoms with E-state index in [0.717, 1.165) is 5.75 Å². The van der Waals surface area contributed by atoms with E-state index in [1.165, 1.54) is 5.56 Å². The Hall–Kier alpha value is -0.803. The Bertz CT molecular complexity index is 357. The van der Waals surface area contributed by atoms with Gasteiger partial charge in [-0.05, 0) is 17.7 Å². The van der Waals surface area contributed by atoms with E-state index >= 15 is 0 Å². The van der Waals surface area contributed by atoms with Crippen LogP contribution in [0, 0.1) is 0 Å². The fourth-order valence-electron chi connectivity index (χ4n) is 1.84. The predicted molar refractivity (Wildman–Crippen MR) is 64.0 cm³/mol. The Kier molecular flexibility index (Phi) is 2.60. The molecule has 0 radical (unpaired) electrons. The summed E-state index contributed by atoms with van der Waals surface area (Å²) in [7, 11) is 0.537. The number of benzene rings is 1. The molecule has 1 heterocycles. The van der Waals surface area contributed by atoms with E-state index in [-0.39, 0.29) is 0 Å². The van der Waals surface area contributed by atoms with Crippen molar-refractivity contribution in [3.05, 3.63) is 29.8 Å². The van der Waals surface area contributed by atoms with E-state index in [1.54, 1.807) is 7.11 Å². The predicted octanol–water partition coefficient (Wildman–Crippen LogP) is 3.01. The number of epoxide rings is 1. The molecular weight excluding hydrogens is 204 g/mol. The Labute approximate surface area is 92.2 Å². The second-order valence-electron chi connectivity index (χ2n) is 5.12. The van der Waals surface area contributed by atoms with Gasteiger partial charge >= 0.3 is 0 Å². The van der Waals surface area contributed by atoms with E-state index in [2.05, 4.69) is 31.8 Å². The smallest absolute Gasteiger partial charge is 0.119 e. The Morgan fingerprint density at radius 3 is 2.53 bits per heavy atom. The third kappa shape index (κ3) is 2.24. The zero-order chi connectivity index (χ0) is 11.1. The monoisotopic (exact) mass is 222 g/mol. The van der Waals surface area contributed by atoms with E-state index in [4.69, 9.17) is 9.47 Å². The lowest BCUT2D eigenvalue weighted by Gasteiger charge is -2.11. The summed E-state index contributed by atoms with van der Waals surface area (Å²) in [6.45, 7) is 7.04. The van der Waals surface area contributed by atoms with E-state index < -0.39 is 8.07 Å². The molecule has 2 rings (SSSR count). The van der Waals surface area contributed by atoms with Crippen molar-refractivity contribution in [2.24, 2.45) is 0 Å². The van der Waals surface area contributed by atoms with Crippen LogP contribution in [0.1, 0.15) is 11.7 Å². The Morgan fingerprint density at radius 1 is 1.27 bits per heavy atom. The summed E-state index contributed by atoms with van der Waals surface area (Å²) in [5, 5.41) is 0. The molecule has 82 valence electrons. The first-order valence-electron chi connectivity index (χ1n) is 5.32. The summed E-state index contributed by atoms with van der Waals surface area (Å²) in [4.78, 5) is 0. The summed E-state index contributed by atoms with van der Waals surface area (Å²) in [6, 6.07) is 8.19. The number of hydrogen-bond acceptors (Lipinski definition) is 2. The van der Waals surface area contributed by atoms with E-state index in [9.17, 15) is 0 Å². The lowest BCUT2D eigenvalue weighted by Crippen LogP contribution is -2.29. The van der Waals surface area contributed by atoms with Crippen molar-refractivity contribution in [1.29, 1.82) is 0 Å². The fraction of sp³-hybridized carbons (Fsp3) is 0.500. The lowest BCUT2D eigenvalue weighted by molar-refractivity contribution is 0.395. The number of methoxy groups -OCH3 is 1. The molecule has 0 unspecified atom stereocenters. The normalized spacial score (nSPS) is 25.1. The van der Waals surface area contributed by atoms with Crippen molar-refractivity contribution in [2.45, 2.75) is 31.5 Å². The van der Waals surface area contributed by atoms with Gasteiger partial charge in [-0.1, -0.05) is 31.8 Å². The maximum atomic E-state index is 5.77. The van der Waals surface area contributed by atoms with Crippen molar-refractivity contribution in [2.75, 3.05) is 7.11 Å². The van der Waals surface area contributed by atoms with Gasteiger partial charge in [0.05, 0.1) is 20.9 Å². The molecule has 1 saturated heterocycles. The SMILES string of the molecule is COc1cccc([C@@H]2O[C@@H]2[Si](C)(C)C)c1. The maximum Gasteiger partial charge on any atom is 0.119 e. The molecule has 1 aliphatic heterocycles. The van der Waals surface area contributed by atoms with Crippen LogP contribution in [0.15, 0.2) is 24.3 Å². The summed E-state index contributed by atoms with van der Waals surface area (Å²) >= 11 is 0. The molecule has 1 aromatic rings. The molecular formula is C12H18O2Si. The van der Waals surface area contributed by atoms with E-state index in [0.29, 0.717) is 11.8 Å². The zero-order valence-electron chi connectivity index (χ0n) is 9.78. The van der Waals surface area contributed by atoms with Crippen molar-refractivity contribution in [1.82, 2.24) is 0 Å². The third-order valence-electron chi connectivity index (χ3n) is 2.77. The first kappa shape index (κ1) is 10.7. The summed E-state index contributed by atoms with van der Waals surface area (Å²) in [5.41, 5.74) is 1.73. The molecule has 0 aliphatic carbocycles. The number of hydrogen-bond donors (Lipinski definition) is 0. The minimum Gasteiger partial charge on any atom is -0.497 e. The second-order valence-corrected chi connectivity index (χ2v) is 10.4. The highest BCUT2D eigenvalue weighted by Gasteiger charge is 2.48. The fourth-order valence-corrected chi connectivity index (χ4v) is 3.50. The number of rotatable bonds is 3. The highest BCUT2D eigenvalue weighted by Crippen LogP contribution is 2.44. The number of ether oxygens (including phenoxy) is 2. The first-order valence-corrected chi connectivity index (χ1v) is 8.89. The molecule has 0 amide bonds. The molecule has 0 aromatic heterocycles. The molecule has 0 saturated carbocycles. The van der Waals surface area contributed by atoms with Crippen LogP contribution in [-0.4, -0.2) is 20.9 Å². The molecule has 0 spiro atoms. The van der Waals surface area contributed by atoms with Crippen LogP contribution >= 0.6 is 0 Å². The highest BCUT2D eigenvalue weighted by atomic mass is 28.3. The average Bonchev–Trinajstić information content (AvgIpc) is 2.96. The molecule has 2 atom stereocenters. The van der Waals surface area contributed by atoms with Crippen LogP contribution in [0.3, 0.4) is 0 Å². The quantitative estimate of drug-likeness (QED) is 0.579. The van der Waals surface area contributed by atoms with Gasteiger partial charge in [-0.25, -0.2) is 0 Å². The molecule has 3 heteroatoms. The van der Waals surface area contributed by atoms with Gasteiger partial charge in [-0.3, -0.25) is 0 Å². The standard InChI is InChI=1S/C12H18O2Si/c1-13-10-7-5-6-9(8-10)11-12(14-11)15(2,3)4/h5-8,11-12H,1-4H3/t11-,12+/m0/s1. The minimum atomic E-state index is -1.16. The summed E-state index contributed by atoms with van der Waals surface area (Å²) < 4.78 is 11.0. The van der Waals surface area contributed by atoms with Gasteiger partial charge in [0.25, 0.3) is 0 Å². The molecule has 0 N–H and O–H groups in total. The van der Waals surface area contributed by atoms with Crippen molar-refractivity contribution >= 4 is 8.07 Å². The highest BCUT2D eigenvalue weighted by molar-refractivity contribution is 6.78. The van der Waals surface area contributed by atoms with Crippen LogP contribution in [0.25, 0.3) is 0 Å². The second kappa shape index (κ2) is 3.65. The molecule has 2 nitrogen and oxygen atoms in total. The third-order valence-corrected chi connectivity index (χ3v) is 4.91. The summed E-state index contributed by atoms with van der Waals surface area (Å²) in [5.74, 6) is 0.914. The Morgan fingerprint density at radius 2 is 2.00 bits per heavy atom. The van der Waals surface area contributed by atoms with Gasteiger partial charge < -0.3 is 9.47 Å². The average molecular weight is 222 g/mol. The van der Waals surface area contributed by atoms with Crippen molar-refractivity contribution in [3.63, 3.8) is 0 Å². The van der Waals surface area contributed by atoms with Gasteiger partial charge in [0.1, 0.15) is 11.9 Å². The minimum absolute atomic E-state index is 0.312. The van der Waals surface area contributed by atoms with E-state index in [1.807, 2.05) is 12.1 Å². The van der Waals surface area contributed by atoms with Crippen LogP contribution in [-0.2, 0) is 4.74 Å². The Balaban J connectivity index is 2.13. The molecule has 15 heavy (non-hydrogen) atoms. The molecule has 1 aromatic carbocycles. The molecule has 1 aliphatic rings. The van der Waals surface area contributed by atoms with Gasteiger partial charge in [0.2, 0.25) is 0 Å². The van der Waals surface area contributed by atoms with Crippen LogP contribution in [0.2, 0.25) is 19.6 Å². The van der Waals surface area contributed by atoms with Crippen molar-refractivity contribution < 1.29 is 9.47 Å². The van der Waals surface area contributed by atoms with Gasteiger partial charge in [-0.15, -0.1) is 0 Å². The molecule has 0 bridgehead atoms.